The molecule has 0 spiro atoms. The van der Waals surface area contributed by atoms with Crippen LogP contribution in [0.1, 0.15) is 25.1 Å². The van der Waals surface area contributed by atoms with E-state index in [1.165, 1.54) is 30.3 Å². The first kappa shape index (κ1) is 32.4. The number of piperazine rings is 1. The maximum Gasteiger partial charge on any atom is 0.416 e. The van der Waals surface area contributed by atoms with Crippen LogP contribution < -0.4 is 10.2 Å². The van der Waals surface area contributed by atoms with Gasteiger partial charge in [0.2, 0.25) is 11.9 Å². The highest BCUT2D eigenvalue weighted by Crippen LogP contribution is 2.32. The molecule has 236 valence electrons. The Balaban J connectivity index is 1.36. The molecule has 1 N–H and O–H groups in total. The van der Waals surface area contributed by atoms with Gasteiger partial charge in [-0.3, -0.25) is 9.69 Å². The summed E-state index contributed by atoms with van der Waals surface area (Å²) in [7, 11) is -3.96. The van der Waals surface area contributed by atoms with E-state index in [0.29, 0.717) is 46.2 Å². The van der Waals surface area contributed by atoms with Gasteiger partial charge >= 0.3 is 6.18 Å². The number of hydrogen-bond acceptors (Lipinski definition) is 8. The Morgan fingerprint density at radius 3 is 2.41 bits per heavy atom. The lowest BCUT2D eigenvalue weighted by molar-refractivity contribution is -0.137. The van der Waals surface area contributed by atoms with Crippen molar-refractivity contribution < 1.29 is 26.4 Å². The van der Waals surface area contributed by atoms with Crippen molar-refractivity contribution in [2.24, 2.45) is 5.92 Å². The summed E-state index contributed by atoms with van der Waals surface area (Å²) in [4.78, 5) is 27.0. The average Bonchev–Trinajstić information content (AvgIpc) is 3.66. The number of nitrogens with one attached hydrogen (secondary N) is 1. The van der Waals surface area contributed by atoms with Crippen molar-refractivity contribution in [2.75, 3.05) is 44.2 Å². The van der Waals surface area contributed by atoms with Gasteiger partial charge in [0.25, 0.3) is 10.0 Å². The van der Waals surface area contributed by atoms with Crippen LogP contribution in [0.25, 0.3) is 11.3 Å². The molecule has 0 bridgehead atoms. The molecule has 2 aliphatic heterocycles. The molecule has 0 saturated carbocycles. The molecule has 0 unspecified atom stereocenters. The number of benzene rings is 1. The molecule has 1 fully saturated rings. The predicted molar refractivity (Wildman–Crippen MR) is 164 cm³/mol. The first-order valence-corrected chi connectivity index (χ1v) is 16.7. The second kappa shape index (κ2) is 13.1. The lowest BCUT2D eigenvalue weighted by atomic mass is 10.1. The number of sulfonamides is 1. The Bertz CT molecular complexity index is 1620. The maximum atomic E-state index is 13.3. The van der Waals surface area contributed by atoms with E-state index in [4.69, 9.17) is 11.6 Å². The summed E-state index contributed by atoms with van der Waals surface area (Å²) in [6, 6.07) is 8.18. The van der Waals surface area contributed by atoms with Gasteiger partial charge in [0.1, 0.15) is 10.3 Å². The zero-order valence-electron chi connectivity index (χ0n) is 24.1. The summed E-state index contributed by atoms with van der Waals surface area (Å²) < 4.78 is 67.4. The van der Waals surface area contributed by atoms with E-state index in [9.17, 15) is 26.4 Å². The van der Waals surface area contributed by atoms with Crippen LogP contribution >= 0.6 is 22.9 Å². The molecule has 15 heteroatoms. The fourth-order valence-electron chi connectivity index (χ4n) is 5.14. The Kier molecular flexibility index (Phi) is 9.66. The van der Waals surface area contributed by atoms with Crippen molar-refractivity contribution in [1.29, 1.82) is 0 Å². The van der Waals surface area contributed by atoms with Crippen molar-refractivity contribution in [3.8, 4) is 11.3 Å². The smallest absolute Gasteiger partial charge is 0.349 e. The molecular weight excluding hydrogens is 637 g/mol. The summed E-state index contributed by atoms with van der Waals surface area (Å²) in [6.07, 6.45) is -1.33. The highest BCUT2D eigenvalue weighted by atomic mass is 35.5. The number of rotatable bonds is 9. The molecule has 3 aromatic rings. The van der Waals surface area contributed by atoms with Gasteiger partial charge in [-0.1, -0.05) is 49.7 Å². The normalized spacial score (nSPS) is 18.3. The molecule has 2 aliphatic rings. The fourth-order valence-corrected chi connectivity index (χ4v) is 8.25. The van der Waals surface area contributed by atoms with Gasteiger partial charge < -0.3 is 10.2 Å². The maximum absolute atomic E-state index is 13.3. The third kappa shape index (κ3) is 7.42. The van der Waals surface area contributed by atoms with Gasteiger partial charge in [0.15, 0.2) is 0 Å². The van der Waals surface area contributed by atoms with Crippen LogP contribution in [-0.4, -0.2) is 78.8 Å². The predicted octanol–water partition coefficient (Wildman–Crippen LogP) is 4.90. The summed E-state index contributed by atoms with van der Waals surface area (Å²) in [5, 5.41) is 2.78. The minimum absolute atomic E-state index is 0.0362. The Morgan fingerprint density at radius 1 is 1.09 bits per heavy atom. The number of halogens is 4. The SMILES string of the molecule is CC(C)CN1CCN(c2nc(CNC(=O)[C@@H]3C=CCN3S(=O)(=O)c3ccc(Cl)s3)cc(-c3ccc(C(F)(F)F)cc3)n2)CC1. The van der Waals surface area contributed by atoms with Crippen LogP contribution in [0.3, 0.4) is 0 Å². The van der Waals surface area contributed by atoms with Gasteiger partial charge in [0.05, 0.1) is 27.8 Å². The van der Waals surface area contributed by atoms with E-state index < -0.39 is 33.7 Å². The third-order valence-electron chi connectivity index (χ3n) is 7.29. The molecule has 9 nitrogen and oxygen atoms in total. The molecule has 44 heavy (non-hydrogen) atoms. The van der Waals surface area contributed by atoms with E-state index in [1.807, 2.05) is 4.90 Å². The molecule has 1 saturated heterocycles. The topological polar surface area (TPSA) is 98.7 Å². The second-order valence-electron chi connectivity index (χ2n) is 11.0. The first-order valence-electron chi connectivity index (χ1n) is 14.1. The van der Waals surface area contributed by atoms with Gasteiger partial charge in [-0.15, -0.1) is 11.3 Å². The number of hydrogen-bond donors (Lipinski definition) is 1. The van der Waals surface area contributed by atoms with E-state index in [-0.39, 0.29) is 17.3 Å². The Morgan fingerprint density at radius 2 is 1.80 bits per heavy atom. The zero-order valence-corrected chi connectivity index (χ0v) is 26.5. The number of nitrogens with zero attached hydrogens (tertiary/aromatic N) is 5. The molecule has 0 aliphatic carbocycles. The molecule has 1 amide bonds. The van der Waals surface area contributed by atoms with E-state index >= 15 is 0 Å². The minimum atomic E-state index is -4.47. The monoisotopic (exact) mass is 668 g/mol. The van der Waals surface area contributed by atoms with Crippen LogP contribution in [0, 0.1) is 5.92 Å². The molecule has 0 radical (unpaired) electrons. The molecule has 5 rings (SSSR count). The highest BCUT2D eigenvalue weighted by Gasteiger charge is 2.37. The van der Waals surface area contributed by atoms with Crippen LogP contribution in [0.5, 0.6) is 0 Å². The summed E-state index contributed by atoms with van der Waals surface area (Å²) in [6.45, 7) is 8.25. The minimum Gasteiger partial charge on any atom is -0.349 e. The second-order valence-corrected chi connectivity index (χ2v) is 14.9. The molecule has 4 heterocycles. The molecular formula is C29H32ClF3N6O3S2. The van der Waals surface area contributed by atoms with Gasteiger partial charge in [0, 0.05) is 44.8 Å². The van der Waals surface area contributed by atoms with Crippen molar-refractivity contribution in [3.05, 3.63) is 70.2 Å². The van der Waals surface area contributed by atoms with E-state index in [1.54, 1.807) is 12.1 Å². The number of alkyl halides is 3. The van der Waals surface area contributed by atoms with Crippen molar-refractivity contribution in [2.45, 2.75) is 36.8 Å². The van der Waals surface area contributed by atoms with Gasteiger partial charge in [-0.25, -0.2) is 18.4 Å². The summed E-state index contributed by atoms with van der Waals surface area (Å²) in [5.41, 5.74) is 0.554. The van der Waals surface area contributed by atoms with Gasteiger partial charge in [-0.05, 0) is 36.2 Å². The van der Waals surface area contributed by atoms with Crippen LogP contribution in [0.15, 0.2) is 58.8 Å². The standard InChI is InChI=1S/C29H32ClF3N6O3S2/c1-19(2)18-37-12-14-38(15-13-37)28-35-22(16-23(36-28)20-5-7-21(8-6-20)29(31,32)33)17-34-27(40)24-4-3-11-39(24)44(41,42)26-10-9-25(30)43-26/h3-10,16,19,24H,11-15,17-18H2,1-2H3,(H,34,40)/t24-/m0/s1. The Labute approximate surface area is 263 Å². The molecule has 2 aromatic heterocycles. The largest absolute Gasteiger partial charge is 0.416 e. The van der Waals surface area contributed by atoms with Crippen molar-refractivity contribution >= 4 is 44.8 Å². The number of carbonyl (C=O) groups is 1. The first-order chi connectivity index (χ1) is 20.8. The lowest BCUT2D eigenvalue weighted by Crippen LogP contribution is -2.48. The fraction of sp³-hybridized carbons (Fsp3) is 0.414. The van der Waals surface area contributed by atoms with Crippen LogP contribution in [0.4, 0.5) is 19.1 Å². The van der Waals surface area contributed by atoms with Crippen molar-refractivity contribution in [1.82, 2.24) is 24.5 Å². The van der Waals surface area contributed by atoms with Crippen molar-refractivity contribution in [3.63, 3.8) is 0 Å². The number of carbonyl (C=O) groups excluding carboxylic acids is 1. The molecule has 1 atom stereocenters. The highest BCUT2D eigenvalue weighted by molar-refractivity contribution is 7.91. The summed E-state index contributed by atoms with van der Waals surface area (Å²) in [5.74, 6) is 0.402. The number of thiophene rings is 1. The summed E-state index contributed by atoms with van der Waals surface area (Å²) >= 11 is 6.86. The average molecular weight is 669 g/mol. The third-order valence-corrected chi connectivity index (χ3v) is 10.8. The van der Waals surface area contributed by atoms with Crippen LogP contribution in [-0.2, 0) is 27.5 Å². The van der Waals surface area contributed by atoms with Crippen LogP contribution in [0.2, 0.25) is 4.34 Å². The number of anilines is 1. The quantitative estimate of drug-likeness (QED) is 0.324. The number of aromatic nitrogens is 2. The zero-order chi connectivity index (χ0) is 31.6. The van der Waals surface area contributed by atoms with Gasteiger partial charge in [-0.2, -0.15) is 17.5 Å². The number of amides is 1. The molecule has 1 aromatic carbocycles. The Hall–Kier alpha value is -3.04. The lowest BCUT2D eigenvalue weighted by Gasteiger charge is -2.35. The van der Waals surface area contributed by atoms with E-state index in [2.05, 4.69) is 34.0 Å². The van der Waals surface area contributed by atoms with E-state index in [0.717, 1.165) is 47.4 Å².